The molecule has 1 aliphatic carbocycles. The average molecular weight is 252 g/mol. The molecular formula is C13H17FN2O2. The van der Waals surface area contributed by atoms with Crippen LogP contribution in [0.2, 0.25) is 0 Å². The van der Waals surface area contributed by atoms with E-state index in [1.165, 1.54) is 12.3 Å². The van der Waals surface area contributed by atoms with Crippen molar-refractivity contribution in [1.29, 1.82) is 0 Å². The van der Waals surface area contributed by atoms with Crippen molar-refractivity contribution in [2.75, 3.05) is 6.61 Å². The van der Waals surface area contributed by atoms with Gasteiger partial charge in [0.2, 0.25) is 0 Å². The first-order chi connectivity index (χ1) is 8.57. The van der Waals surface area contributed by atoms with E-state index in [1.54, 1.807) is 0 Å². The maximum Gasteiger partial charge on any atom is 0.254 e. The number of halogens is 1. The number of hydrogen-bond acceptors (Lipinski definition) is 3. The molecule has 1 aliphatic rings. The number of nitrogens with zero attached hydrogens (tertiary/aromatic N) is 1. The van der Waals surface area contributed by atoms with Crippen LogP contribution in [0.5, 0.6) is 0 Å². The molecule has 98 valence electrons. The molecule has 5 heteroatoms. The van der Waals surface area contributed by atoms with Gasteiger partial charge in [-0.05, 0) is 18.9 Å². The van der Waals surface area contributed by atoms with Crippen LogP contribution in [0.3, 0.4) is 0 Å². The molecule has 0 saturated heterocycles. The Morgan fingerprint density at radius 3 is 3.17 bits per heavy atom. The van der Waals surface area contributed by atoms with E-state index in [2.05, 4.69) is 10.3 Å². The number of aliphatic hydroxyl groups excluding tert-OH is 1. The number of aromatic nitrogens is 1. The first-order valence-corrected chi connectivity index (χ1v) is 6.08. The van der Waals surface area contributed by atoms with Gasteiger partial charge in [0.1, 0.15) is 0 Å². The van der Waals surface area contributed by atoms with Crippen LogP contribution in [0.4, 0.5) is 4.39 Å². The fourth-order valence-electron chi connectivity index (χ4n) is 2.46. The van der Waals surface area contributed by atoms with Crippen molar-refractivity contribution < 1.29 is 14.3 Å². The highest BCUT2D eigenvalue weighted by atomic mass is 19.1. The van der Waals surface area contributed by atoms with Gasteiger partial charge in [-0.1, -0.05) is 13.3 Å². The van der Waals surface area contributed by atoms with Crippen LogP contribution < -0.4 is 5.32 Å². The topological polar surface area (TPSA) is 62.2 Å². The second-order valence-electron chi connectivity index (χ2n) is 5.09. The minimum Gasteiger partial charge on any atom is -0.396 e. The number of carbonyl (C=O) groups excluding carboxylic acids is 1. The Morgan fingerprint density at radius 2 is 2.50 bits per heavy atom. The van der Waals surface area contributed by atoms with Gasteiger partial charge in [0.05, 0.1) is 18.4 Å². The third-order valence-electron chi connectivity index (χ3n) is 3.77. The maximum absolute atomic E-state index is 13.4. The molecule has 18 heavy (non-hydrogen) atoms. The minimum absolute atomic E-state index is 0.00260. The number of aliphatic hydroxyl groups is 1. The summed E-state index contributed by atoms with van der Waals surface area (Å²) in [5.41, 5.74) is -0.309. The molecular weight excluding hydrogens is 235 g/mol. The lowest BCUT2D eigenvalue weighted by molar-refractivity contribution is 0.0827. The summed E-state index contributed by atoms with van der Waals surface area (Å²) in [6, 6.07) is 1.25. The Balaban J connectivity index is 2.11. The van der Waals surface area contributed by atoms with E-state index in [-0.39, 0.29) is 23.6 Å². The minimum atomic E-state index is -0.626. The van der Waals surface area contributed by atoms with E-state index in [0.29, 0.717) is 0 Å². The Bertz CT molecular complexity index is 452. The van der Waals surface area contributed by atoms with Crippen LogP contribution in [-0.2, 0) is 0 Å². The van der Waals surface area contributed by atoms with E-state index in [4.69, 9.17) is 0 Å². The maximum atomic E-state index is 13.4. The van der Waals surface area contributed by atoms with E-state index >= 15 is 0 Å². The molecule has 1 aromatic rings. The number of rotatable bonds is 3. The first-order valence-electron chi connectivity index (χ1n) is 6.08. The van der Waals surface area contributed by atoms with Gasteiger partial charge in [-0.25, -0.2) is 4.39 Å². The van der Waals surface area contributed by atoms with Gasteiger partial charge in [-0.2, -0.15) is 0 Å². The van der Waals surface area contributed by atoms with Crippen molar-refractivity contribution in [2.45, 2.75) is 32.2 Å². The van der Waals surface area contributed by atoms with Crippen LogP contribution in [0, 0.1) is 11.2 Å². The van der Waals surface area contributed by atoms with Crippen molar-refractivity contribution in [3.8, 4) is 0 Å². The molecule has 0 aromatic carbocycles. The molecule has 2 N–H and O–H groups in total. The molecule has 1 saturated carbocycles. The standard InChI is InChI=1S/C13H17FN2O2/c1-13(8-17)5-2-3-11(13)16-12(18)9-4-6-15-7-10(9)14/h4,6-7,11,17H,2-3,5,8H2,1H3,(H,16,18). The molecule has 1 heterocycles. The normalized spacial score (nSPS) is 27.2. The third-order valence-corrected chi connectivity index (χ3v) is 3.77. The predicted molar refractivity (Wildman–Crippen MR) is 64.5 cm³/mol. The Kier molecular flexibility index (Phi) is 3.61. The molecule has 0 aliphatic heterocycles. The molecule has 1 fully saturated rings. The lowest BCUT2D eigenvalue weighted by Gasteiger charge is -2.30. The van der Waals surface area contributed by atoms with Gasteiger partial charge in [0, 0.05) is 17.7 Å². The average Bonchev–Trinajstić information content (AvgIpc) is 2.72. The van der Waals surface area contributed by atoms with Crippen molar-refractivity contribution >= 4 is 5.91 Å². The quantitative estimate of drug-likeness (QED) is 0.857. The molecule has 1 aromatic heterocycles. The fourth-order valence-corrected chi connectivity index (χ4v) is 2.46. The summed E-state index contributed by atoms with van der Waals surface area (Å²) in [6.07, 6.45) is 5.05. The monoisotopic (exact) mass is 252 g/mol. The van der Waals surface area contributed by atoms with Gasteiger partial charge in [-0.15, -0.1) is 0 Å². The SMILES string of the molecule is CC1(CO)CCCC1NC(=O)c1ccncc1F. The number of hydrogen-bond donors (Lipinski definition) is 2. The molecule has 2 rings (SSSR count). The van der Waals surface area contributed by atoms with Crippen LogP contribution in [0.25, 0.3) is 0 Å². The van der Waals surface area contributed by atoms with Crippen molar-refractivity contribution in [3.05, 3.63) is 29.8 Å². The summed E-state index contributed by atoms with van der Waals surface area (Å²) < 4.78 is 13.4. The lowest BCUT2D eigenvalue weighted by atomic mass is 9.85. The molecule has 0 bridgehead atoms. The first kappa shape index (κ1) is 13.0. The number of carbonyl (C=O) groups is 1. The number of pyridine rings is 1. The van der Waals surface area contributed by atoms with Gasteiger partial charge in [0.25, 0.3) is 5.91 Å². The highest BCUT2D eigenvalue weighted by Crippen LogP contribution is 2.37. The fraction of sp³-hybridized carbons (Fsp3) is 0.538. The largest absolute Gasteiger partial charge is 0.396 e. The summed E-state index contributed by atoms with van der Waals surface area (Å²) in [4.78, 5) is 15.6. The van der Waals surface area contributed by atoms with Crippen molar-refractivity contribution in [1.82, 2.24) is 10.3 Å². The molecule has 0 spiro atoms. The molecule has 4 nitrogen and oxygen atoms in total. The van der Waals surface area contributed by atoms with Gasteiger partial charge < -0.3 is 10.4 Å². The summed E-state index contributed by atoms with van der Waals surface area (Å²) in [5.74, 6) is -1.07. The number of nitrogens with one attached hydrogen (secondary N) is 1. The van der Waals surface area contributed by atoms with Crippen molar-refractivity contribution in [2.24, 2.45) is 5.41 Å². The number of amides is 1. The Morgan fingerprint density at radius 1 is 1.72 bits per heavy atom. The summed E-state index contributed by atoms with van der Waals surface area (Å²) in [7, 11) is 0. The zero-order valence-corrected chi connectivity index (χ0v) is 10.3. The molecule has 2 atom stereocenters. The van der Waals surface area contributed by atoms with Crippen molar-refractivity contribution in [3.63, 3.8) is 0 Å². The second-order valence-corrected chi connectivity index (χ2v) is 5.09. The molecule has 0 radical (unpaired) electrons. The smallest absolute Gasteiger partial charge is 0.254 e. The lowest BCUT2D eigenvalue weighted by Crippen LogP contribution is -2.45. The van der Waals surface area contributed by atoms with Gasteiger partial charge in [-0.3, -0.25) is 9.78 Å². The molecule has 1 amide bonds. The van der Waals surface area contributed by atoms with Crippen LogP contribution in [0.1, 0.15) is 36.5 Å². The highest BCUT2D eigenvalue weighted by molar-refractivity contribution is 5.94. The molecule has 2 unspecified atom stereocenters. The summed E-state index contributed by atoms with van der Waals surface area (Å²) >= 11 is 0. The summed E-state index contributed by atoms with van der Waals surface area (Å²) in [6.45, 7) is 1.96. The van der Waals surface area contributed by atoms with Crippen LogP contribution in [-0.4, -0.2) is 28.6 Å². The zero-order chi connectivity index (χ0) is 13.2. The zero-order valence-electron chi connectivity index (χ0n) is 10.3. The van der Waals surface area contributed by atoms with E-state index in [9.17, 15) is 14.3 Å². The second kappa shape index (κ2) is 5.02. The van der Waals surface area contributed by atoms with Crippen LogP contribution in [0.15, 0.2) is 18.5 Å². The van der Waals surface area contributed by atoms with Gasteiger partial charge in [0.15, 0.2) is 5.82 Å². The summed E-state index contributed by atoms with van der Waals surface area (Å²) in [5, 5.41) is 12.2. The Hall–Kier alpha value is -1.49. The van der Waals surface area contributed by atoms with Crippen LogP contribution >= 0.6 is 0 Å². The highest BCUT2D eigenvalue weighted by Gasteiger charge is 2.39. The van der Waals surface area contributed by atoms with E-state index < -0.39 is 11.7 Å². The third kappa shape index (κ3) is 2.36. The van der Waals surface area contributed by atoms with E-state index in [0.717, 1.165) is 25.5 Å². The Labute approximate surface area is 105 Å². The predicted octanol–water partition coefficient (Wildman–Crippen LogP) is 1.50. The van der Waals surface area contributed by atoms with Gasteiger partial charge >= 0.3 is 0 Å². The van der Waals surface area contributed by atoms with E-state index in [1.807, 2.05) is 6.92 Å².